The van der Waals surface area contributed by atoms with Crippen molar-refractivity contribution >= 4 is 0 Å². The lowest BCUT2D eigenvalue weighted by atomic mass is 10.1. The van der Waals surface area contributed by atoms with Crippen LogP contribution in [-0.2, 0) is 6.54 Å². The molecule has 0 unspecified atom stereocenters. The molecule has 2 atom stereocenters. The predicted molar refractivity (Wildman–Crippen MR) is 80.7 cm³/mol. The van der Waals surface area contributed by atoms with E-state index < -0.39 is 0 Å². The topological polar surface area (TPSA) is 48.3 Å². The molecule has 1 aromatic heterocycles. The Morgan fingerprint density at radius 2 is 2.10 bits per heavy atom. The van der Waals surface area contributed by atoms with Crippen molar-refractivity contribution in [3.8, 4) is 11.5 Å². The van der Waals surface area contributed by atoms with Crippen LogP contribution in [0, 0.1) is 0 Å². The van der Waals surface area contributed by atoms with E-state index in [-0.39, 0.29) is 6.04 Å². The van der Waals surface area contributed by atoms with Crippen LogP contribution < -0.4 is 14.8 Å². The van der Waals surface area contributed by atoms with E-state index in [0.717, 1.165) is 23.6 Å². The Morgan fingerprint density at radius 1 is 1.24 bits per heavy atom. The van der Waals surface area contributed by atoms with Gasteiger partial charge >= 0.3 is 0 Å². The first-order chi connectivity index (χ1) is 10.3. The van der Waals surface area contributed by atoms with Gasteiger partial charge in [-0.2, -0.15) is 5.10 Å². The van der Waals surface area contributed by atoms with Crippen LogP contribution in [0.15, 0.2) is 36.7 Å². The zero-order valence-corrected chi connectivity index (χ0v) is 12.5. The Bertz CT molecular complexity index is 583. The maximum atomic E-state index is 5.74. The number of hydrogen-bond donors (Lipinski definition) is 1. The molecule has 1 aliphatic heterocycles. The lowest BCUT2D eigenvalue weighted by Gasteiger charge is -2.24. The van der Waals surface area contributed by atoms with E-state index in [1.807, 2.05) is 35.3 Å². The first-order valence-electron chi connectivity index (χ1n) is 7.35. The van der Waals surface area contributed by atoms with Crippen molar-refractivity contribution in [3.05, 3.63) is 42.2 Å². The fourth-order valence-corrected chi connectivity index (χ4v) is 2.47. The molecule has 1 aromatic carbocycles. The van der Waals surface area contributed by atoms with Crippen molar-refractivity contribution in [1.29, 1.82) is 0 Å². The number of ether oxygens (including phenoxy) is 2. The summed E-state index contributed by atoms with van der Waals surface area (Å²) < 4.78 is 13.3. The highest BCUT2D eigenvalue weighted by molar-refractivity contribution is 5.47. The van der Waals surface area contributed by atoms with Crippen LogP contribution in [0.4, 0.5) is 0 Å². The van der Waals surface area contributed by atoms with Crippen LogP contribution in [0.1, 0.15) is 25.5 Å². The van der Waals surface area contributed by atoms with Crippen molar-refractivity contribution in [3.63, 3.8) is 0 Å². The number of aromatic nitrogens is 2. The molecule has 1 N–H and O–H groups in total. The van der Waals surface area contributed by atoms with Crippen LogP contribution >= 0.6 is 0 Å². The molecule has 0 aliphatic carbocycles. The van der Waals surface area contributed by atoms with E-state index in [1.54, 1.807) is 0 Å². The number of nitrogens with one attached hydrogen (secondary N) is 1. The Balaban J connectivity index is 1.65. The highest BCUT2D eigenvalue weighted by Gasteiger charge is 2.18. The van der Waals surface area contributed by atoms with Gasteiger partial charge in [0.15, 0.2) is 11.5 Å². The summed E-state index contributed by atoms with van der Waals surface area (Å²) in [6, 6.07) is 8.57. The predicted octanol–water partition coefficient (Wildman–Crippen LogP) is 2.39. The molecule has 2 heterocycles. The third-order valence-corrected chi connectivity index (χ3v) is 3.93. The standard InChI is InChI=1S/C16H21N3O2/c1-12(13(2)19-8-4-7-18-19)17-11-14-5-3-6-15-16(14)21-10-9-20-15/h3-8,12-13,17H,9-11H2,1-2H3/t12-,13-/m0/s1. The number of benzene rings is 1. The van der Waals surface area contributed by atoms with Crippen LogP contribution in [0.3, 0.4) is 0 Å². The van der Waals surface area contributed by atoms with Gasteiger partial charge in [0.05, 0.1) is 6.04 Å². The monoisotopic (exact) mass is 287 g/mol. The van der Waals surface area contributed by atoms with Crippen LogP contribution in [0.25, 0.3) is 0 Å². The number of para-hydroxylation sites is 1. The minimum Gasteiger partial charge on any atom is -0.486 e. The van der Waals surface area contributed by atoms with Crippen molar-refractivity contribution in [2.45, 2.75) is 32.5 Å². The largest absolute Gasteiger partial charge is 0.486 e. The van der Waals surface area contributed by atoms with Crippen molar-refractivity contribution < 1.29 is 9.47 Å². The summed E-state index contributed by atoms with van der Waals surface area (Å²) in [6.45, 7) is 6.31. The van der Waals surface area contributed by atoms with E-state index in [4.69, 9.17) is 9.47 Å². The van der Waals surface area contributed by atoms with Crippen LogP contribution in [0.2, 0.25) is 0 Å². The number of hydrogen-bond acceptors (Lipinski definition) is 4. The first-order valence-corrected chi connectivity index (χ1v) is 7.35. The summed E-state index contributed by atoms with van der Waals surface area (Å²) >= 11 is 0. The molecule has 5 heteroatoms. The fraction of sp³-hybridized carbons (Fsp3) is 0.438. The number of nitrogens with zero attached hydrogens (tertiary/aromatic N) is 2. The molecule has 0 saturated carbocycles. The van der Waals surface area contributed by atoms with Gasteiger partial charge in [-0.25, -0.2) is 0 Å². The van der Waals surface area contributed by atoms with Crippen molar-refractivity contribution in [2.75, 3.05) is 13.2 Å². The second-order valence-electron chi connectivity index (χ2n) is 5.34. The molecule has 0 amide bonds. The van der Waals surface area contributed by atoms with Gasteiger partial charge in [-0.05, 0) is 26.0 Å². The SMILES string of the molecule is C[C@H](NCc1cccc2c1OCCO2)[C@H](C)n1cccn1. The second-order valence-corrected chi connectivity index (χ2v) is 5.34. The normalized spacial score (nSPS) is 16.5. The average Bonchev–Trinajstić information content (AvgIpc) is 3.06. The maximum Gasteiger partial charge on any atom is 0.165 e. The zero-order valence-electron chi connectivity index (χ0n) is 12.5. The highest BCUT2D eigenvalue weighted by Crippen LogP contribution is 2.33. The smallest absolute Gasteiger partial charge is 0.165 e. The van der Waals surface area contributed by atoms with Gasteiger partial charge in [-0.15, -0.1) is 0 Å². The lowest BCUT2D eigenvalue weighted by Crippen LogP contribution is -2.33. The molecule has 0 spiro atoms. The zero-order chi connectivity index (χ0) is 14.7. The van der Waals surface area contributed by atoms with E-state index in [9.17, 15) is 0 Å². The van der Waals surface area contributed by atoms with Gasteiger partial charge in [-0.1, -0.05) is 12.1 Å². The summed E-state index contributed by atoms with van der Waals surface area (Å²) in [5, 5.41) is 7.84. The average molecular weight is 287 g/mol. The first kappa shape index (κ1) is 13.9. The van der Waals surface area contributed by atoms with E-state index in [0.29, 0.717) is 19.3 Å². The number of fused-ring (bicyclic) bond motifs is 1. The molecule has 0 saturated heterocycles. The van der Waals surface area contributed by atoms with Gasteiger partial charge in [0.2, 0.25) is 0 Å². The summed E-state index contributed by atoms with van der Waals surface area (Å²) in [5.41, 5.74) is 1.13. The van der Waals surface area contributed by atoms with Crippen molar-refractivity contribution in [2.24, 2.45) is 0 Å². The van der Waals surface area contributed by atoms with Crippen LogP contribution in [0.5, 0.6) is 11.5 Å². The molecular weight excluding hydrogens is 266 g/mol. The Kier molecular flexibility index (Phi) is 4.10. The molecule has 0 bridgehead atoms. The second kappa shape index (κ2) is 6.18. The minimum absolute atomic E-state index is 0.289. The third kappa shape index (κ3) is 3.03. The summed E-state index contributed by atoms with van der Waals surface area (Å²) in [7, 11) is 0. The third-order valence-electron chi connectivity index (χ3n) is 3.93. The molecule has 5 nitrogen and oxygen atoms in total. The highest BCUT2D eigenvalue weighted by atomic mass is 16.6. The van der Waals surface area contributed by atoms with Gasteiger partial charge in [0, 0.05) is 30.5 Å². The van der Waals surface area contributed by atoms with Gasteiger partial charge < -0.3 is 14.8 Å². The number of rotatable bonds is 5. The summed E-state index contributed by atoms with van der Waals surface area (Å²) in [6.07, 6.45) is 3.80. The van der Waals surface area contributed by atoms with E-state index in [2.05, 4.69) is 30.3 Å². The van der Waals surface area contributed by atoms with Crippen molar-refractivity contribution in [1.82, 2.24) is 15.1 Å². The molecule has 112 valence electrons. The van der Waals surface area contributed by atoms with Crippen LogP contribution in [-0.4, -0.2) is 29.0 Å². The molecule has 2 aromatic rings. The van der Waals surface area contributed by atoms with Gasteiger partial charge in [-0.3, -0.25) is 4.68 Å². The molecule has 0 fully saturated rings. The molecule has 1 aliphatic rings. The Morgan fingerprint density at radius 3 is 2.90 bits per heavy atom. The Hall–Kier alpha value is -2.01. The van der Waals surface area contributed by atoms with E-state index in [1.165, 1.54) is 0 Å². The fourth-order valence-electron chi connectivity index (χ4n) is 2.47. The molecule has 0 radical (unpaired) electrons. The minimum atomic E-state index is 0.289. The molecule has 3 rings (SSSR count). The molecule has 21 heavy (non-hydrogen) atoms. The summed E-state index contributed by atoms with van der Waals surface area (Å²) in [5.74, 6) is 1.71. The Labute approximate surface area is 124 Å². The quantitative estimate of drug-likeness (QED) is 0.917. The lowest BCUT2D eigenvalue weighted by molar-refractivity contribution is 0.169. The van der Waals surface area contributed by atoms with E-state index >= 15 is 0 Å². The summed E-state index contributed by atoms with van der Waals surface area (Å²) in [4.78, 5) is 0. The van der Waals surface area contributed by atoms with Gasteiger partial charge in [0.1, 0.15) is 13.2 Å². The maximum absolute atomic E-state index is 5.74. The van der Waals surface area contributed by atoms with Gasteiger partial charge in [0.25, 0.3) is 0 Å². The molecular formula is C16H21N3O2.